The van der Waals surface area contributed by atoms with Gasteiger partial charge in [-0.05, 0) is 150 Å². The maximum Gasteiger partial charge on any atom is 0.169 e. The zero-order valence-corrected chi connectivity index (χ0v) is 29.0. The highest BCUT2D eigenvalue weighted by atomic mass is 19.1. The minimum absolute atomic E-state index is 0.171. The maximum atomic E-state index is 13.2. The van der Waals surface area contributed by atoms with Gasteiger partial charge in [-0.1, -0.05) is 79.9 Å². The summed E-state index contributed by atoms with van der Waals surface area (Å²) in [6.07, 6.45) is 20.1. The highest BCUT2D eigenvalue weighted by molar-refractivity contribution is 6.19. The van der Waals surface area contributed by atoms with Crippen molar-refractivity contribution in [1.82, 2.24) is 5.32 Å². The molecule has 1 saturated carbocycles. The molecule has 6 rings (SSSR count). The largest absolute Gasteiger partial charge is 0.380 e. The van der Waals surface area contributed by atoms with Crippen molar-refractivity contribution in [2.24, 2.45) is 5.41 Å². The highest BCUT2D eigenvalue weighted by Gasteiger charge is 2.53. The van der Waals surface area contributed by atoms with Crippen LogP contribution in [0.25, 0.3) is 28.9 Å². The first-order valence-corrected chi connectivity index (χ1v) is 17.7. The number of aryl methyl sites for hydroxylation is 1. The third kappa shape index (κ3) is 8.35. The molecule has 0 spiro atoms. The number of carbonyl (C=O) groups is 2. The van der Waals surface area contributed by atoms with Crippen molar-refractivity contribution in [2.45, 2.75) is 64.0 Å². The van der Waals surface area contributed by atoms with Gasteiger partial charge in [0.25, 0.3) is 0 Å². The van der Waals surface area contributed by atoms with Crippen LogP contribution in [0.2, 0.25) is 0 Å². The second-order valence-corrected chi connectivity index (χ2v) is 13.8. The third-order valence-corrected chi connectivity index (χ3v) is 10.2. The summed E-state index contributed by atoms with van der Waals surface area (Å²) in [5.41, 5.74) is 9.90. The number of ketones is 2. The quantitative estimate of drug-likeness (QED) is 0.130. The number of halogens is 1. The SMILES string of the molecule is C=C(CC[C@@H]1CCCN1)c1cc2c(cc1COC)C(=C)C=CC=C2CCc1ccc(/C=C/C(=O)C2(C(=O)/C=C/c3ccc(F)cc3)CC2)cc1. The van der Waals surface area contributed by atoms with E-state index in [9.17, 15) is 14.0 Å². The van der Waals surface area contributed by atoms with E-state index in [1.165, 1.54) is 59.4 Å². The number of ether oxygens (including phenoxy) is 1. The van der Waals surface area contributed by atoms with Gasteiger partial charge in [0.05, 0.1) is 12.0 Å². The van der Waals surface area contributed by atoms with Gasteiger partial charge in [0, 0.05) is 13.2 Å². The van der Waals surface area contributed by atoms with E-state index in [0.29, 0.717) is 25.5 Å². The molecule has 1 aliphatic heterocycles. The molecule has 3 aliphatic rings. The van der Waals surface area contributed by atoms with Gasteiger partial charge < -0.3 is 10.1 Å². The number of hydrogen-bond acceptors (Lipinski definition) is 4. The lowest BCUT2D eigenvalue weighted by Gasteiger charge is -2.20. The molecule has 1 heterocycles. The summed E-state index contributed by atoms with van der Waals surface area (Å²) in [6.45, 7) is 10.5. The van der Waals surface area contributed by atoms with Crippen molar-refractivity contribution in [3.8, 4) is 0 Å². The van der Waals surface area contributed by atoms with Crippen molar-refractivity contribution >= 4 is 40.4 Å². The maximum absolute atomic E-state index is 13.2. The van der Waals surface area contributed by atoms with Gasteiger partial charge in [0.1, 0.15) is 5.82 Å². The van der Waals surface area contributed by atoms with Crippen molar-refractivity contribution in [1.29, 1.82) is 0 Å². The van der Waals surface area contributed by atoms with Crippen LogP contribution in [0.15, 0.2) is 104 Å². The molecule has 2 fully saturated rings. The molecule has 0 amide bonds. The first kappa shape index (κ1) is 35.1. The Balaban J connectivity index is 1.10. The molecule has 1 N–H and O–H groups in total. The second kappa shape index (κ2) is 15.9. The lowest BCUT2D eigenvalue weighted by molar-refractivity contribution is -0.129. The predicted molar refractivity (Wildman–Crippen MR) is 204 cm³/mol. The number of nitrogens with one attached hydrogen (secondary N) is 1. The van der Waals surface area contributed by atoms with Crippen LogP contribution in [-0.4, -0.2) is 31.3 Å². The monoisotopic (exact) mass is 667 g/mol. The van der Waals surface area contributed by atoms with E-state index in [1.54, 1.807) is 31.4 Å². The van der Waals surface area contributed by atoms with Crippen LogP contribution in [0, 0.1) is 11.2 Å². The second-order valence-electron chi connectivity index (χ2n) is 13.8. The number of benzene rings is 3. The van der Waals surface area contributed by atoms with Crippen LogP contribution in [0.1, 0.15) is 83.9 Å². The molecule has 0 aromatic heterocycles. The molecule has 0 bridgehead atoms. The third-order valence-electron chi connectivity index (χ3n) is 10.2. The Kier molecular flexibility index (Phi) is 11.2. The van der Waals surface area contributed by atoms with Gasteiger partial charge >= 0.3 is 0 Å². The van der Waals surface area contributed by atoms with E-state index >= 15 is 0 Å². The first-order chi connectivity index (χ1) is 24.3. The van der Waals surface area contributed by atoms with E-state index in [2.05, 4.69) is 61.0 Å². The average molecular weight is 668 g/mol. The molecule has 256 valence electrons. The molecule has 2 aliphatic carbocycles. The lowest BCUT2D eigenvalue weighted by Crippen LogP contribution is -2.22. The number of methoxy groups -OCH3 is 1. The number of fused-ring (bicyclic) bond motifs is 1. The van der Waals surface area contributed by atoms with Crippen molar-refractivity contribution in [3.63, 3.8) is 0 Å². The van der Waals surface area contributed by atoms with Crippen molar-refractivity contribution < 1.29 is 18.7 Å². The minimum Gasteiger partial charge on any atom is -0.380 e. The van der Waals surface area contributed by atoms with E-state index in [4.69, 9.17) is 4.74 Å². The van der Waals surface area contributed by atoms with E-state index in [1.807, 2.05) is 12.1 Å². The molecule has 4 nitrogen and oxygen atoms in total. The zero-order valence-electron chi connectivity index (χ0n) is 29.0. The molecule has 1 atom stereocenters. The Labute approximate surface area is 295 Å². The summed E-state index contributed by atoms with van der Waals surface area (Å²) in [6, 6.07) is 19.3. The summed E-state index contributed by atoms with van der Waals surface area (Å²) in [7, 11) is 1.74. The van der Waals surface area contributed by atoms with Crippen LogP contribution in [-0.2, 0) is 27.4 Å². The van der Waals surface area contributed by atoms with Crippen LogP contribution in [0.4, 0.5) is 4.39 Å². The number of carbonyl (C=O) groups excluding carboxylic acids is 2. The van der Waals surface area contributed by atoms with Crippen molar-refractivity contribution in [2.75, 3.05) is 13.7 Å². The zero-order chi connectivity index (χ0) is 35.1. The fraction of sp³-hybridized carbons (Fsp3) is 0.289. The van der Waals surface area contributed by atoms with E-state index < -0.39 is 5.41 Å². The number of allylic oxidation sites excluding steroid dienone is 8. The molecular weight excluding hydrogens is 621 g/mol. The summed E-state index contributed by atoms with van der Waals surface area (Å²) in [4.78, 5) is 26.0. The smallest absolute Gasteiger partial charge is 0.169 e. The van der Waals surface area contributed by atoms with Crippen LogP contribution in [0.5, 0.6) is 0 Å². The molecular formula is C45H46FNO3. The Bertz CT molecular complexity index is 1880. The normalized spacial score (nSPS) is 17.9. The summed E-state index contributed by atoms with van der Waals surface area (Å²) in [5, 5.41) is 3.61. The lowest BCUT2D eigenvalue weighted by atomic mass is 9.86. The molecule has 0 radical (unpaired) electrons. The molecule has 1 saturated heterocycles. The van der Waals surface area contributed by atoms with Crippen LogP contribution >= 0.6 is 0 Å². The van der Waals surface area contributed by atoms with Gasteiger partial charge in [-0.3, -0.25) is 9.59 Å². The fourth-order valence-electron chi connectivity index (χ4n) is 6.99. The molecule has 50 heavy (non-hydrogen) atoms. The van der Waals surface area contributed by atoms with Gasteiger partial charge in [0.2, 0.25) is 0 Å². The number of hydrogen-bond donors (Lipinski definition) is 1. The standard InChI is InChI=1S/C45H46FNO3/c1-31-6-4-7-36(42-29-40(37(30-50-3)28-41(31)42)32(2)9-22-39-8-5-27-47-39)19-14-33-10-12-34(13-11-33)17-23-43(48)45(25-26-45)44(49)24-18-35-15-20-38(46)21-16-35/h4,6-7,10-13,15-18,20-21,23-24,28-29,39,47H,1-2,5,8-9,14,19,22,25-27,30H2,3H3/b23-17+,24-18+/t39-/m0/s1. The van der Waals surface area contributed by atoms with Gasteiger partial charge in [-0.15, -0.1) is 0 Å². The van der Waals surface area contributed by atoms with Gasteiger partial charge in [0.15, 0.2) is 11.6 Å². The Morgan fingerprint density at radius 3 is 2.26 bits per heavy atom. The minimum atomic E-state index is -0.973. The predicted octanol–water partition coefficient (Wildman–Crippen LogP) is 9.76. The van der Waals surface area contributed by atoms with E-state index in [0.717, 1.165) is 65.6 Å². The Hall–Kier alpha value is -4.71. The Morgan fingerprint density at radius 2 is 1.64 bits per heavy atom. The number of rotatable bonds is 15. The van der Waals surface area contributed by atoms with Crippen molar-refractivity contribution in [3.05, 3.63) is 149 Å². The average Bonchev–Trinajstić information content (AvgIpc) is 3.81. The van der Waals surface area contributed by atoms with Crippen LogP contribution < -0.4 is 5.32 Å². The summed E-state index contributed by atoms with van der Waals surface area (Å²) < 4.78 is 18.8. The van der Waals surface area contributed by atoms with E-state index in [-0.39, 0.29) is 17.4 Å². The molecule has 3 aromatic carbocycles. The topological polar surface area (TPSA) is 55.4 Å². The molecule has 5 heteroatoms. The fourth-order valence-corrected chi connectivity index (χ4v) is 6.99. The van der Waals surface area contributed by atoms with Gasteiger partial charge in [-0.2, -0.15) is 0 Å². The Morgan fingerprint density at radius 1 is 0.960 bits per heavy atom. The van der Waals surface area contributed by atoms with Crippen LogP contribution in [0.3, 0.4) is 0 Å². The highest BCUT2D eigenvalue weighted by Crippen LogP contribution is 2.48. The van der Waals surface area contributed by atoms with Gasteiger partial charge in [-0.25, -0.2) is 4.39 Å². The summed E-state index contributed by atoms with van der Waals surface area (Å²) >= 11 is 0. The first-order valence-electron chi connectivity index (χ1n) is 17.7. The summed E-state index contributed by atoms with van der Waals surface area (Å²) in [5.74, 6) is -0.703. The molecule has 3 aromatic rings. The molecule has 0 unspecified atom stereocenters.